The number of H-pyrrole nitrogens is 2. The van der Waals surface area contributed by atoms with E-state index in [1.54, 1.807) is 13.2 Å². The minimum atomic E-state index is -0.0326. The number of halogens is 1. The smallest absolute Gasteiger partial charge is 0.274 e. The Morgan fingerprint density at radius 1 is 1.22 bits per heavy atom. The summed E-state index contributed by atoms with van der Waals surface area (Å²) in [5.41, 5.74) is 4.57. The number of nitrogens with one attached hydrogen (secondary N) is 2. The van der Waals surface area contributed by atoms with Crippen LogP contribution in [0.4, 0.5) is 0 Å². The highest BCUT2D eigenvalue weighted by atomic mass is 35.5. The molecule has 4 rings (SSSR count). The molecule has 0 spiro atoms. The Morgan fingerprint density at radius 3 is 2.78 bits per heavy atom. The van der Waals surface area contributed by atoms with Crippen molar-refractivity contribution in [1.82, 2.24) is 19.7 Å². The SMILES string of the molecule is CCc1c(Cl)[nH]c2ncc(-c3ccc4[nH]n(C)c(=O)c4c3)cc12. The number of rotatable bonds is 2. The average Bonchev–Trinajstić information content (AvgIpc) is 3.02. The zero-order valence-corrected chi connectivity index (χ0v) is 13.5. The van der Waals surface area contributed by atoms with Gasteiger partial charge in [-0.25, -0.2) is 4.98 Å². The lowest BCUT2D eigenvalue weighted by Gasteiger charge is -2.02. The highest BCUT2D eigenvalue weighted by Gasteiger charge is 2.12. The second-order valence-electron chi connectivity index (χ2n) is 5.63. The van der Waals surface area contributed by atoms with E-state index in [4.69, 9.17) is 11.6 Å². The number of pyridine rings is 1. The summed E-state index contributed by atoms with van der Waals surface area (Å²) in [7, 11) is 1.71. The number of benzene rings is 1. The van der Waals surface area contributed by atoms with E-state index >= 15 is 0 Å². The van der Waals surface area contributed by atoms with Crippen LogP contribution in [0.5, 0.6) is 0 Å². The Labute approximate surface area is 136 Å². The summed E-state index contributed by atoms with van der Waals surface area (Å²) >= 11 is 6.22. The van der Waals surface area contributed by atoms with Gasteiger partial charge in [-0.15, -0.1) is 0 Å². The lowest BCUT2D eigenvalue weighted by atomic mass is 10.0. The van der Waals surface area contributed by atoms with Crippen LogP contribution in [0.15, 0.2) is 35.3 Å². The first-order valence-corrected chi connectivity index (χ1v) is 7.81. The number of hydrogen-bond donors (Lipinski definition) is 2. The zero-order chi connectivity index (χ0) is 16.1. The van der Waals surface area contributed by atoms with Crippen molar-refractivity contribution >= 4 is 33.5 Å². The van der Waals surface area contributed by atoms with E-state index in [1.807, 2.05) is 18.2 Å². The van der Waals surface area contributed by atoms with Gasteiger partial charge in [0, 0.05) is 24.2 Å². The van der Waals surface area contributed by atoms with Gasteiger partial charge >= 0.3 is 0 Å². The maximum atomic E-state index is 12.1. The lowest BCUT2D eigenvalue weighted by molar-refractivity contribution is 0.751. The van der Waals surface area contributed by atoms with E-state index in [9.17, 15) is 4.79 Å². The third-order valence-corrected chi connectivity index (χ3v) is 4.56. The summed E-state index contributed by atoms with van der Waals surface area (Å²) in [6.07, 6.45) is 2.63. The normalized spacial score (nSPS) is 11.6. The molecule has 0 aliphatic carbocycles. The monoisotopic (exact) mass is 326 g/mol. The highest BCUT2D eigenvalue weighted by Crippen LogP contribution is 2.30. The van der Waals surface area contributed by atoms with E-state index in [0.29, 0.717) is 10.5 Å². The molecule has 3 heterocycles. The molecule has 1 aromatic carbocycles. The van der Waals surface area contributed by atoms with Crippen molar-refractivity contribution in [2.24, 2.45) is 7.05 Å². The van der Waals surface area contributed by atoms with Crippen LogP contribution in [0, 0.1) is 0 Å². The molecule has 5 nitrogen and oxygen atoms in total. The van der Waals surface area contributed by atoms with Crippen molar-refractivity contribution in [2.45, 2.75) is 13.3 Å². The fraction of sp³-hybridized carbons (Fsp3) is 0.176. The van der Waals surface area contributed by atoms with Gasteiger partial charge in [0.05, 0.1) is 10.9 Å². The van der Waals surface area contributed by atoms with Crippen molar-refractivity contribution in [3.05, 3.63) is 51.5 Å². The van der Waals surface area contributed by atoms with Gasteiger partial charge in [-0.05, 0) is 35.7 Å². The summed E-state index contributed by atoms with van der Waals surface area (Å²) in [4.78, 5) is 19.7. The molecule has 0 bridgehead atoms. The fourth-order valence-electron chi connectivity index (χ4n) is 3.01. The number of aromatic nitrogens is 4. The first kappa shape index (κ1) is 14.1. The third kappa shape index (κ3) is 2.08. The van der Waals surface area contributed by atoms with E-state index in [1.165, 1.54) is 4.68 Å². The Morgan fingerprint density at radius 2 is 2.00 bits per heavy atom. The van der Waals surface area contributed by atoms with Gasteiger partial charge in [-0.3, -0.25) is 14.6 Å². The molecule has 0 radical (unpaired) electrons. The zero-order valence-electron chi connectivity index (χ0n) is 12.8. The molecule has 3 aromatic heterocycles. The van der Waals surface area contributed by atoms with Crippen LogP contribution >= 0.6 is 11.6 Å². The molecule has 23 heavy (non-hydrogen) atoms. The molecule has 0 fully saturated rings. The number of fused-ring (bicyclic) bond motifs is 2. The van der Waals surface area contributed by atoms with Crippen LogP contribution in [-0.4, -0.2) is 19.7 Å². The van der Waals surface area contributed by atoms with Gasteiger partial charge in [0.25, 0.3) is 5.56 Å². The quantitative estimate of drug-likeness (QED) is 0.590. The van der Waals surface area contributed by atoms with Gasteiger partial charge in [0.15, 0.2) is 0 Å². The lowest BCUT2D eigenvalue weighted by Crippen LogP contribution is -2.11. The highest BCUT2D eigenvalue weighted by molar-refractivity contribution is 6.31. The summed E-state index contributed by atoms with van der Waals surface area (Å²) in [6, 6.07) is 7.88. The second kappa shape index (κ2) is 4.99. The molecule has 0 amide bonds. The molecule has 4 aromatic rings. The Hall–Kier alpha value is -2.53. The summed E-state index contributed by atoms with van der Waals surface area (Å²) < 4.78 is 1.48. The van der Waals surface area contributed by atoms with Gasteiger partial charge in [-0.1, -0.05) is 24.6 Å². The minimum absolute atomic E-state index is 0.0326. The summed E-state index contributed by atoms with van der Waals surface area (Å²) in [5, 5.41) is 5.36. The number of nitrogens with zero attached hydrogens (tertiary/aromatic N) is 2. The molecular formula is C17H15ClN4O. The molecule has 6 heteroatoms. The summed E-state index contributed by atoms with van der Waals surface area (Å²) in [5.74, 6) is 0. The van der Waals surface area contributed by atoms with Crippen molar-refractivity contribution in [1.29, 1.82) is 0 Å². The second-order valence-corrected chi connectivity index (χ2v) is 6.01. The van der Waals surface area contributed by atoms with Crippen molar-refractivity contribution in [3.8, 4) is 11.1 Å². The minimum Gasteiger partial charge on any atom is -0.330 e. The van der Waals surface area contributed by atoms with Crippen LogP contribution in [0.2, 0.25) is 5.15 Å². The number of aryl methyl sites for hydroxylation is 2. The van der Waals surface area contributed by atoms with Gasteiger partial charge < -0.3 is 4.98 Å². The maximum Gasteiger partial charge on any atom is 0.274 e. The summed E-state index contributed by atoms with van der Waals surface area (Å²) in [6.45, 7) is 2.07. The molecule has 116 valence electrons. The molecule has 0 unspecified atom stereocenters. The van der Waals surface area contributed by atoms with Crippen LogP contribution < -0.4 is 5.56 Å². The van der Waals surface area contributed by atoms with E-state index in [-0.39, 0.29) is 5.56 Å². The Kier molecular flexibility index (Phi) is 3.06. The predicted octanol–water partition coefficient (Wildman–Crippen LogP) is 3.63. The van der Waals surface area contributed by atoms with Gasteiger partial charge in [-0.2, -0.15) is 0 Å². The molecule has 0 atom stereocenters. The van der Waals surface area contributed by atoms with Crippen LogP contribution in [0.3, 0.4) is 0 Å². The van der Waals surface area contributed by atoms with Crippen LogP contribution in [-0.2, 0) is 13.5 Å². The van der Waals surface area contributed by atoms with Crippen molar-refractivity contribution < 1.29 is 0 Å². The molecule has 0 aliphatic rings. The van der Waals surface area contributed by atoms with E-state index in [2.05, 4.69) is 28.1 Å². The molecule has 0 saturated carbocycles. The van der Waals surface area contributed by atoms with Gasteiger partial charge in [0.2, 0.25) is 0 Å². The molecular weight excluding hydrogens is 312 g/mol. The standard InChI is InChI=1S/C17H15ClN4O/c1-3-11-12-7-10(8-19-16(12)20-15(11)18)9-4-5-14-13(6-9)17(23)22(2)21-14/h4-8,21H,3H2,1-2H3,(H,19,20). The first-order valence-electron chi connectivity index (χ1n) is 7.43. The predicted molar refractivity (Wildman–Crippen MR) is 93.0 cm³/mol. The Balaban J connectivity index is 1.94. The Bertz CT molecular complexity index is 1100. The average molecular weight is 327 g/mol. The first-order chi connectivity index (χ1) is 11.1. The number of hydrogen-bond acceptors (Lipinski definition) is 2. The molecule has 2 N–H and O–H groups in total. The maximum absolute atomic E-state index is 12.1. The van der Waals surface area contributed by atoms with E-state index in [0.717, 1.165) is 39.7 Å². The van der Waals surface area contributed by atoms with Crippen LogP contribution in [0.25, 0.3) is 33.1 Å². The molecule has 0 aliphatic heterocycles. The fourth-order valence-corrected chi connectivity index (χ4v) is 3.33. The van der Waals surface area contributed by atoms with Crippen molar-refractivity contribution in [2.75, 3.05) is 0 Å². The van der Waals surface area contributed by atoms with E-state index < -0.39 is 0 Å². The number of aromatic amines is 2. The van der Waals surface area contributed by atoms with Crippen LogP contribution in [0.1, 0.15) is 12.5 Å². The van der Waals surface area contributed by atoms with Gasteiger partial charge in [0.1, 0.15) is 10.8 Å². The third-order valence-electron chi connectivity index (χ3n) is 4.24. The largest absolute Gasteiger partial charge is 0.330 e. The van der Waals surface area contributed by atoms with Crippen molar-refractivity contribution in [3.63, 3.8) is 0 Å². The topological polar surface area (TPSA) is 66.5 Å². The molecule has 0 saturated heterocycles.